The van der Waals surface area contributed by atoms with Gasteiger partial charge in [0.05, 0.1) is 25.0 Å². The first-order valence-electron chi connectivity index (χ1n) is 11.0. The number of nitrogens with zero attached hydrogens (tertiary/aromatic N) is 3. The maximum atomic E-state index is 11.6. The third kappa shape index (κ3) is 3.77. The fourth-order valence-corrected chi connectivity index (χ4v) is 5.04. The van der Waals surface area contributed by atoms with Gasteiger partial charge >= 0.3 is 6.01 Å². The van der Waals surface area contributed by atoms with Gasteiger partial charge in [-0.05, 0) is 19.7 Å². The topological polar surface area (TPSA) is 116 Å². The fourth-order valence-electron chi connectivity index (χ4n) is 5.04. The van der Waals surface area contributed by atoms with Crippen LogP contribution in [0.5, 0.6) is 17.2 Å². The monoisotopic (exact) mass is 452 g/mol. The molecule has 2 aliphatic rings. The Morgan fingerprint density at radius 3 is 2.55 bits per heavy atom. The van der Waals surface area contributed by atoms with Crippen molar-refractivity contribution in [1.29, 1.82) is 0 Å². The van der Waals surface area contributed by atoms with Crippen molar-refractivity contribution in [2.45, 2.75) is 30.0 Å². The summed E-state index contributed by atoms with van der Waals surface area (Å²) in [7, 11) is 5.60. The molecule has 3 N–H and O–H groups in total. The van der Waals surface area contributed by atoms with Crippen LogP contribution in [0, 0.1) is 0 Å². The molecular formula is C24H28N4O5. The minimum Gasteiger partial charge on any atom is -0.496 e. The van der Waals surface area contributed by atoms with Gasteiger partial charge in [0.25, 0.3) is 0 Å². The van der Waals surface area contributed by atoms with E-state index < -0.39 is 12.0 Å². The van der Waals surface area contributed by atoms with Crippen molar-refractivity contribution in [2.24, 2.45) is 0 Å². The molecule has 0 saturated heterocycles. The Labute approximate surface area is 192 Å². The number of anilines is 1. The minimum absolute atomic E-state index is 0.0283. The van der Waals surface area contributed by atoms with Crippen LogP contribution < -0.4 is 19.9 Å². The zero-order valence-electron chi connectivity index (χ0n) is 18.8. The van der Waals surface area contributed by atoms with Gasteiger partial charge in [-0.15, -0.1) is 5.10 Å². The van der Waals surface area contributed by atoms with Crippen molar-refractivity contribution in [1.82, 2.24) is 15.1 Å². The van der Waals surface area contributed by atoms with Gasteiger partial charge in [-0.25, -0.2) is 0 Å². The van der Waals surface area contributed by atoms with E-state index in [-0.39, 0.29) is 24.0 Å². The molecule has 3 aromatic rings. The number of likely N-dealkylation sites (N-methyl/N-ethyl adjacent to an activating group) is 1. The molecule has 9 heteroatoms. The number of aliphatic hydroxyl groups excluding tert-OH is 1. The highest BCUT2D eigenvalue weighted by Crippen LogP contribution is 2.60. The molecule has 0 radical (unpaired) electrons. The normalized spacial score (nSPS) is 25.5. The number of aliphatic hydroxyl groups is 1. The van der Waals surface area contributed by atoms with Gasteiger partial charge in [-0.3, -0.25) is 0 Å². The highest BCUT2D eigenvalue weighted by molar-refractivity contribution is 5.58. The smallest absolute Gasteiger partial charge is 0.312 e. The third-order valence-electron chi connectivity index (χ3n) is 6.46. The summed E-state index contributed by atoms with van der Waals surface area (Å²) in [4.78, 5) is 2.05. The van der Waals surface area contributed by atoms with Crippen LogP contribution in [0.15, 0.2) is 46.9 Å². The van der Waals surface area contributed by atoms with E-state index in [1.54, 1.807) is 7.11 Å². The average molecular weight is 453 g/mol. The number of fused-ring (bicyclic) bond motifs is 3. The van der Waals surface area contributed by atoms with E-state index in [9.17, 15) is 5.11 Å². The first-order chi connectivity index (χ1) is 16.0. The molecule has 33 heavy (non-hydrogen) atoms. The number of nitrogen functional groups attached to an aromatic ring is 1. The Morgan fingerprint density at radius 2 is 1.88 bits per heavy atom. The Morgan fingerprint density at radius 1 is 1.09 bits per heavy atom. The zero-order valence-corrected chi connectivity index (χ0v) is 18.8. The zero-order chi connectivity index (χ0) is 23.1. The van der Waals surface area contributed by atoms with E-state index in [4.69, 9.17) is 24.4 Å². The molecule has 174 valence electrons. The molecule has 0 spiro atoms. The largest absolute Gasteiger partial charge is 0.496 e. The SMILES string of the molecule is COc1cc(OCCN(C)C)cc2c1C1C(O)C(c3nnc(N)o3)[C@@H](c3ccccc3)C1O2. The number of nitrogens with two attached hydrogens (primary N) is 1. The van der Waals surface area contributed by atoms with Crippen LogP contribution in [-0.2, 0) is 0 Å². The lowest BCUT2D eigenvalue weighted by Crippen LogP contribution is -2.22. The number of ether oxygens (including phenoxy) is 3. The van der Waals surface area contributed by atoms with Gasteiger partial charge in [0.15, 0.2) is 0 Å². The van der Waals surface area contributed by atoms with Crippen molar-refractivity contribution < 1.29 is 23.7 Å². The van der Waals surface area contributed by atoms with Gasteiger partial charge in [-0.1, -0.05) is 35.4 Å². The van der Waals surface area contributed by atoms with E-state index in [1.165, 1.54) is 0 Å². The fraction of sp³-hybridized carbons (Fsp3) is 0.417. The van der Waals surface area contributed by atoms with Gasteiger partial charge in [0.1, 0.15) is 30.0 Å². The summed E-state index contributed by atoms with van der Waals surface area (Å²) in [6.07, 6.45) is -1.18. The van der Waals surface area contributed by atoms with Crippen LogP contribution in [-0.4, -0.2) is 66.8 Å². The molecular weight excluding hydrogens is 424 g/mol. The van der Waals surface area contributed by atoms with Gasteiger partial charge < -0.3 is 34.4 Å². The lowest BCUT2D eigenvalue weighted by molar-refractivity contribution is 0.125. The second-order valence-electron chi connectivity index (χ2n) is 8.73. The van der Waals surface area contributed by atoms with Crippen LogP contribution in [0.2, 0.25) is 0 Å². The van der Waals surface area contributed by atoms with Crippen molar-refractivity contribution in [3.8, 4) is 17.2 Å². The molecule has 1 saturated carbocycles. The molecule has 5 rings (SSSR count). The summed E-state index contributed by atoms with van der Waals surface area (Å²) in [6.45, 7) is 1.33. The average Bonchev–Trinajstić information content (AvgIpc) is 3.46. The molecule has 1 aliphatic heterocycles. The number of rotatable bonds is 7. The standard InChI is InChI=1S/C24H28N4O5/c1-28(2)9-10-31-14-11-15(30-3)18-16(12-14)32-22-17(13-7-5-4-6-8-13)20(21(29)19(18)22)23-26-27-24(25)33-23/h4-8,11-12,17,19-22,29H,9-10H2,1-3H3,(H2,25,27)/t17-,19?,20?,21?,22?/m1/s1. The van der Waals surface area contributed by atoms with Crippen molar-refractivity contribution in [3.63, 3.8) is 0 Å². The number of methoxy groups -OCH3 is 1. The first kappa shape index (κ1) is 21.5. The number of aromatic nitrogens is 2. The Bertz CT molecular complexity index is 1120. The molecule has 2 aromatic carbocycles. The van der Waals surface area contributed by atoms with Gasteiger partial charge in [0, 0.05) is 30.2 Å². The third-order valence-corrected chi connectivity index (χ3v) is 6.46. The summed E-state index contributed by atoms with van der Waals surface area (Å²) in [6, 6.07) is 13.6. The Hall–Kier alpha value is -3.30. The van der Waals surface area contributed by atoms with Crippen LogP contribution in [0.3, 0.4) is 0 Å². The molecule has 5 atom stereocenters. The first-order valence-corrected chi connectivity index (χ1v) is 11.0. The van der Waals surface area contributed by atoms with Crippen LogP contribution >= 0.6 is 0 Å². The molecule has 1 aromatic heterocycles. The summed E-state index contributed by atoms with van der Waals surface area (Å²) in [5.41, 5.74) is 7.54. The highest BCUT2D eigenvalue weighted by atomic mass is 16.5. The molecule has 0 amide bonds. The number of hydrogen-bond donors (Lipinski definition) is 2. The lowest BCUT2D eigenvalue weighted by atomic mass is 9.87. The summed E-state index contributed by atoms with van der Waals surface area (Å²) in [5, 5.41) is 19.5. The number of hydrogen-bond acceptors (Lipinski definition) is 9. The summed E-state index contributed by atoms with van der Waals surface area (Å²) < 4.78 is 23.7. The quantitative estimate of drug-likeness (QED) is 0.557. The lowest BCUT2D eigenvalue weighted by Gasteiger charge is -2.23. The van der Waals surface area contributed by atoms with Crippen molar-refractivity contribution >= 4 is 6.01 Å². The van der Waals surface area contributed by atoms with Crippen LogP contribution in [0.4, 0.5) is 6.01 Å². The van der Waals surface area contributed by atoms with Crippen molar-refractivity contribution in [2.75, 3.05) is 40.1 Å². The highest BCUT2D eigenvalue weighted by Gasteiger charge is 2.59. The van der Waals surface area contributed by atoms with E-state index >= 15 is 0 Å². The second kappa shape index (κ2) is 8.57. The maximum absolute atomic E-state index is 11.6. The Kier molecular flexibility index (Phi) is 5.59. The number of benzene rings is 2. The molecule has 1 aliphatic carbocycles. The molecule has 4 unspecified atom stereocenters. The molecule has 1 fully saturated rings. The van der Waals surface area contributed by atoms with Crippen LogP contribution in [0.25, 0.3) is 0 Å². The predicted molar refractivity (Wildman–Crippen MR) is 121 cm³/mol. The van der Waals surface area contributed by atoms with E-state index in [0.29, 0.717) is 29.7 Å². The van der Waals surface area contributed by atoms with E-state index in [0.717, 1.165) is 17.7 Å². The van der Waals surface area contributed by atoms with Gasteiger partial charge in [0.2, 0.25) is 5.89 Å². The van der Waals surface area contributed by atoms with E-state index in [1.807, 2.05) is 56.6 Å². The molecule has 0 bridgehead atoms. The van der Waals surface area contributed by atoms with Crippen molar-refractivity contribution in [3.05, 3.63) is 59.5 Å². The predicted octanol–water partition coefficient (Wildman–Crippen LogP) is 2.39. The summed E-state index contributed by atoms with van der Waals surface area (Å²) in [5.74, 6) is 1.22. The maximum Gasteiger partial charge on any atom is 0.312 e. The van der Waals surface area contributed by atoms with Gasteiger partial charge in [-0.2, -0.15) is 0 Å². The molecule has 2 heterocycles. The summed E-state index contributed by atoms with van der Waals surface area (Å²) >= 11 is 0. The minimum atomic E-state index is -0.837. The van der Waals surface area contributed by atoms with Crippen LogP contribution in [0.1, 0.15) is 34.8 Å². The van der Waals surface area contributed by atoms with E-state index in [2.05, 4.69) is 15.1 Å². The molecule has 9 nitrogen and oxygen atoms in total. The second-order valence-corrected chi connectivity index (χ2v) is 8.73. The Balaban J connectivity index is 1.54.